The van der Waals surface area contributed by atoms with Crippen molar-refractivity contribution < 1.29 is 23.5 Å². The van der Waals surface area contributed by atoms with Crippen molar-refractivity contribution in [2.75, 3.05) is 31.1 Å². The molecular weight excluding hydrogens is 371 g/mol. The van der Waals surface area contributed by atoms with Gasteiger partial charge in [0, 0.05) is 31.6 Å². The summed E-state index contributed by atoms with van der Waals surface area (Å²) in [5, 5.41) is 9.73. The number of pyridine rings is 2. The van der Waals surface area contributed by atoms with Crippen molar-refractivity contribution in [2.24, 2.45) is 0 Å². The molecule has 3 aromatic rings. The van der Waals surface area contributed by atoms with Crippen molar-refractivity contribution in [1.82, 2.24) is 14.9 Å². The number of H-pyrrole nitrogens is 1. The Balaban J connectivity index is 1.70. The first-order chi connectivity index (χ1) is 13.5. The fourth-order valence-electron chi connectivity index (χ4n) is 3.35. The van der Waals surface area contributed by atoms with Gasteiger partial charge in [-0.25, -0.2) is 14.2 Å². The van der Waals surface area contributed by atoms with E-state index in [1.54, 1.807) is 21.9 Å². The second kappa shape index (κ2) is 6.80. The molecule has 0 radical (unpaired) electrons. The summed E-state index contributed by atoms with van der Waals surface area (Å²) in [5.41, 5.74) is -1.10. The van der Waals surface area contributed by atoms with E-state index in [1.165, 1.54) is 6.26 Å². The van der Waals surface area contributed by atoms with Gasteiger partial charge >= 0.3 is 5.97 Å². The van der Waals surface area contributed by atoms with Gasteiger partial charge in [0.2, 0.25) is 0 Å². The lowest BCUT2D eigenvalue weighted by Gasteiger charge is -2.36. The Bertz CT molecular complexity index is 1120. The molecule has 0 saturated carbocycles. The highest BCUT2D eigenvalue weighted by atomic mass is 19.1. The molecule has 0 aliphatic carbocycles. The average molecular weight is 386 g/mol. The summed E-state index contributed by atoms with van der Waals surface area (Å²) in [5.74, 6) is -2.13. The third-order valence-electron chi connectivity index (χ3n) is 4.63. The molecular formula is C18H15FN4O5. The lowest BCUT2D eigenvalue weighted by Crippen LogP contribution is -2.49. The van der Waals surface area contributed by atoms with Crippen LogP contribution in [0.3, 0.4) is 0 Å². The van der Waals surface area contributed by atoms with Crippen LogP contribution < -0.4 is 10.5 Å². The van der Waals surface area contributed by atoms with Crippen LogP contribution in [0.2, 0.25) is 0 Å². The Hall–Kier alpha value is -3.69. The number of hydrogen-bond donors (Lipinski definition) is 2. The third kappa shape index (κ3) is 2.98. The van der Waals surface area contributed by atoms with Crippen molar-refractivity contribution in [3.8, 4) is 0 Å². The van der Waals surface area contributed by atoms with E-state index in [-0.39, 0.29) is 54.6 Å². The van der Waals surface area contributed by atoms with Crippen molar-refractivity contribution in [2.45, 2.75) is 0 Å². The number of aromatic carboxylic acids is 1. The molecule has 28 heavy (non-hydrogen) atoms. The van der Waals surface area contributed by atoms with Crippen molar-refractivity contribution in [1.29, 1.82) is 0 Å². The summed E-state index contributed by atoms with van der Waals surface area (Å²) in [4.78, 5) is 45.8. The van der Waals surface area contributed by atoms with Crippen molar-refractivity contribution in [3.63, 3.8) is 0 Å². The van der Waals surface area contributed by atoms with Gasteiger partial charge in [0.05, 0.1) is 18.1 Å². The Morgan fingerprint density at radius 3 is 2.64 bits per heavy atom. The average Bonchev–Trinajstić information content (AvgIpc) is 3.21. The molecule has 0 spiro atoms. The van der Waals surface area contributed by atoms with E-state index in [1.807, 2.05) is 0 Å². The standard InChI is InChI=1S/C18H15FN4O5/c19-10-8-11-14(13(18(26)27)16(24)21-15(11)20-9-10)22-3-5-23(6-4-22)17(25)12-2-1-7-28-12/h1-2,7-9H,3-6H2,(H,26,27)(H,20,21,24). The van der Waals surface area contributed by atoms with E-state index in [0.717, 1.165) is 12.3 Å². The number of anilines is 1. The van der Waals surface area contributed by atoms with E-state index in [4.69, 9.17) is 4.42 Å². The molecule has 0 unspecified atom stereocenters. The molecule has 1 aliphatic rings. The molecule has 0 atom stereocenters. The quantitative estimate of drug-likeness (QED) is 0.696. The fourth-order valence-corrected chi connectivity index (χ4v) is 3.35. The highest BCUT2D eigenvalue weighted by Crippen LogP contribution is 2.28. The van der Waals surface area contributed by atoms with E-state index < -0.39 is 22.9 Å². The molecule has 144 valence electrons. The zero-order valence-electron chi connectivity index (χ0n) is 14.5. The molecule has 1 fully saturated rings. The first kappa shape index (κ1) is 17.7. The number of nitrogens with zero attached hydrogens (tertiary/aromatic N) is 3. The van der Waals surface area contributed by atoms with Gasteiger partial charge in [0.15, 0.2) is 5.76 Å². The van der Waals surface area contributed by atoms with Crippen LogP contribution >= 0.6 is 0 Å². The second-order valence-corrected chi connectivity index (χ2v) is 6.29. The number of nitrogens with one attached hydrogen (secondary N) is 1. The number of aromatic nitrogens is 2. The van der Waals surface area contributed by atoms with Crippen LogP contribution in [0.15, 0.2) is 39.9 Å². The summed E-state index contributed by atoms with van der Waals surface area (Å²) >= 11 is 0. The summed E-state index contributed by atoms with van der Waals surface area (Å²) in [6, 6.07) is 4.32. The maximum atomic E-state index is 13.8. The number of carbonyl (C=O) groups is 2. The van der Waals surface area contributed by atoms with E-state index in [0.29, 0.717) is 0 Å². The van der Waals surface area contributed by atoms with E-state index >= 15 is 0 Å². The number of amides is 1. The number of hydrogen-bond acceptors (Lipinski definition) is 6. The number of carboxylic acid groups (broad SMARTS) is 1. The topological polar surface area (TPSA) is 120 Å². The van der Waals surface area contributed by atoms with Gasteiger partial charge in [0.25, 0.3) is 11.5 Å². The molecule has 0 aromatic carbocycles. The van der Waals surface area contributed by atoms with E-state index in [2.05, 4.69) is 9.97 Å². The third-order valence-corrected chi connectivity index (χ3v) is 4.63. The SMILES string of the molecule is O=C(O)c1c(N2CCN(C(=O)c3ccco3)CC2)c2cc(F)cnc2[nH]c1=O. The van der Waals surface area contributed by atoms with Gasteiger partial charge in [-0.15, -0.1) is 0 Å². The number of aromatic amines is 1. The molecule has 9 nitrogen and oxygen atoms in total. The number of furan rings is 1. The Kier molecular flexibility index (Phi) is 4.30. The summed E-state index contributed by atoms with van der Waals surface area (Å²) in [7, 11) is 0. The summed E-state index contributed by atoms with van der Waals surface area (Å²) in [6.45, 7) is 1.11. The predicted octanol–water partition coefficient (Wildman–Crippen LogP) is 1.32. The number of piperazine rings is 1. The number of carboxylic acids is 1. The van der Waals surface area contributed by atoms with Crippen LogP contribution in [0.1, 0.15) is 20.9 Å². The lowest BCUT2D eigenvalue weighted by atomic mass is 10.1. The Morgan fingerprint density at radius 2 is 2.00 bits per heavy atom. The number of halogens is 1. The largest absolute Gasteiger partial charge is 0.477 e. The van der Waals surface area contributed by atoms with Crippen LogP contribution in [-0.2, 0) is 0 Å². The van der Waals surface area contributed by atoms with Crippen molar-refractivity contribution >= 4 is 28.6 Å². The van der Waals surface area contributed by atoms with Gasteiger partial charge in [-0.2, -0.15) is 0 Å². The highest BCUT2D eigenvalue weighted by Gasteiger charge is 2.29. The van der Waals surface area contributed by atoms with Crippen LogP contribution in [0, 0.1) is 5.82 Å². The fraction of sp³-hybridized carbons (Fsp3) is 0.222. The van der Waals surface area contributed by atoms with Gasteiger partial charge in [-0.1, -0.05) is 0 Å². The van der Waals surface area contributed by atoms with Crippen LogP contribution in [0.5, 0.6) is 0 Å². The minimum atomic E-state index is -1.42. The molecule has 4 heterocycles. The highest BCUT2D eigenvalue weighted by molar-refractivity contribution is 6.03. The first-order valence-corrected chi connectivity index (χ1v) is 8.48. The van der Waals surface area contributed by atoms with Crippen LogP contribution in [0.25, 0.3) is 11.0 Å². The summed E-state index contributed by atoms with van der Waals surface area (Å²) < 4.78 is 18.9. The molecule has 4 rings (SSSR count). The molecule has 2 N–H and O–H groups in total. The van der Waals surface area contributed by atoms with E-state index in [9.17, 15) is 23.9 Å². The van der Waals surface area contributed by atoms with Gasteiger partial charge in [-0.3, -0.25) is 9.59 Å². The first-order valence-electron chi connectivity index (χ1n) is 8.48. The van der Waals surface area contributed by atoms with Crippen LogP contribution in [0.4, 0.5) is 10.1 Å². The van der Waals surface area contributed by atoms with Crippen LogP contribution in [-0.4, -0.2) is 58.0 Å². The zero-order valence-corrected chi connectivity index (χ0v) is 14.5. The normalized spacial score (nSPS) is 14.5. The Morgan fingerprint density at radius 1 is 1.25 bits per heavy atom. The van der Waals surface area contributed by atoms with Gasteiger partial charge in [0.1, 0.15) is 17.0 Å². The second-order valence-electron chi connectivity index (χ2n) is 6.29. The molecule has 1 amide bonds. The molecule has 1 saturated heterocycles. The molecule has 0 bridgehead atoms. The molecule has 1 aliphatic heterocycles. The maximum Gasteiger partial charge on any atom is 0.343 e. The predicted molar refractivity (Wildman–Crippen MR) is 96.1 cm³/mol. The Labute approximate surface area is 157 Å². The summed E-state index contributed by atoms with van der Waals surface area (Å²) in [6.07, 6.45) is 2.36. The van der Waals surface area contributed by atoms with Crippen molar-refractivity contribution in [3.05, 3.63) is 58.2 Å². The lowest BCUT2D eigenvalue weighted by molar-refractivity contribution is 0.0687. The monoisotopic (exact) mass is 386 g/mol. The van der Waals surface area contributed by atoms with Gasteiger partial charge < -0.3 is 24.3 Å². The minimum absolute atomic E-state index is 0.0977. The zero-order chi connectivity index (χ0) is 19.8. The number of fused-ring (bicyclic) bond motifs is 1. The van der Waals surface area contributed by atoms with Gasteiger partial charge in [-0.05, 0) is 18.2 Å². The minimum Gasteiger partial charge on any atom is -0.477 e. The number of rotatable bonds is 3. The molecule has 10 heteroatoms. The number of carbonyl (C=O) groups excluding carboxylic acids is 1. The maximum absolute atomic E-state index is 13.8. The smallest absolute Gasteiger partial charge is 0.343 e. The molecule has 3 aromatic heterocycles.